The third kappa shape index (κ3) is 45.0. The Morgan fingerprint density at radius 1 is 0.358 bits per heavy atom. The van der Waals surface area contributed by atoms with Gasteiger partial charge in [-0.15, -0.1) is 0 Å². The maximum absolute atomic E-state index is 13.8. The van der Waals surface area contributed by atoms with Crippen LogP contribution in [-0.2, 0) is 28.5 Å². The number of amides is 1. The minimum Gasteiger partial charge on any atom is -0.462 e. The van der Waals surface area contributed by atoms with Crippen molar-refractivity contribution in [3.8, 4) is 0 Å². The first-order chi connectivity index (χ1) is 32.7. The molecule has 398 valence electrons. The molecule has 0 heterocycles. The topological polar surface area (TPSA) is 94.6 Å². The van der Waals surface area contributed by atoms with Gasteiger partial charge in [0.1, 0.15) is 18.3 Å². The van der Waals surface area contributed by atoms with Crippen molar-refractivity contribution >= 4 is 18.0 Å². The van der Waals surface area contributed by atoms with Crippen molar-refractivity contribution in [2.24, 2.45) is 0 Å². The summed E-state index contributed by atoms with van der Waals surface area (Å²) in [5, 5.41) is 0. The Bertz CT molecular complexity index is 992. The minimum atomic E-state index is -0.146. The number of rotatable bonds is 52. The second-order valence-electron chi connectivity index (χ2n) is 20.5. The van der Waals surface area contributed by atoms with E-state index >= 15 is 0 Å². The molecule has 0 radical (unpaired) electrons. The molecular weight excluding hydrogens is 837 g/mol. The molecule has 0 aromatic heterocycles. The van der Waals surface area contributed by atoms with Gasteiger partial charge >= 0.3 is 18.0 Å². The van der Waals surface area contributed by atoms with Crippen molar-refractivity contribution in [3.05, 3.63) is 0 Å². The largest absolute Gasteiger partial charge is 0.462 e. The Morgan fingerprint density at radius 2 is 0.672 bits per heavy atom. The van der Waals surface area contributed by atoms with Crippen molar-refractivity contribution in [2.75, 3.05) is 47.4 Å². The summed E-state index contributed by atoms with van der Waals surface area (Å²) < 4.78 is 23.6. The van der Waals surface area contributed by atoms with Crippen LogP contribution in [0.5, 0.6) is 0 Å². The highest BCUT2D eigenvalue weighted by atomic mass is 16.6. The number of carbonyl (C=O) groups excluding carboxylic acids is 3. The lowest BCUT2D eigenvalue weighted by Gasteiger charge is -2.26. The Morgan fingerprint density at radius 3 is 1.04 bits per heavy atom. The number of hydrogen-bond donors (Lipinski definition) is 0. The van der Waals surface area contributed by atoms with Gasteiger partial charge in [0.05, 0.1) is 0 Å². The van der Waals surface area contributed by atoms with Crippen LogP contribution in [0.1, 0.15) is 291 Å². The molecule has 0 N–H and O–H groups in total. The molecule has 0 saturated carbocycles. The molecule has 0 fully saturated rings. The van der Waals surface area contributed by atoms with Crippen molar-refractivity contribution in [2.45, 2.75) is 309 Å². The molecule has 0 aliphatic heterocycles. The van der Waals surface area contributed by atoms with E-state index in [1.54, 1.807) is 7.11 Å². The van der Waals surface area contributed by atoms with E-state index < -0.39 is 0 Å². The Labute approximate surface area is 416 Å². The zero-order valence-corrected chi connectivity index (χ0v) is 45.8. The fourth-order valence-electron chi connectivity index (χ4n) is 9.16. The average Bonchev–Trinajstić information content (AvgIpc) is 3.31. The molecule has 0 aromatic rings. The van der Waals surface area contributed by atoms with E-state index in [1.807, 2.05) is 4.90 Å². The van der Waals surface area contributed by atoms with Gasteiger partial charge in [-0.05, 0) is 130 Å². The van der Waals surface area contributed by atoms with Gasteiger partial charge in [-0.25, -0.2) is 4.79 Å². The normalized spacial score (nSPS) is 11.7. The molecule has 0 atom stereocenters. The molecule has 9 nitrogen and oxygen atoms in total. The molecule has 0 bridgehead atoms. The number of methoxy groups -OCH3 is 1. The van der Waals surface area contributed by atoms with Gasteiger partial charge in [0.2, 0.25) is 0 Å². The second kappa shape index (κ2) is 50.5. The van der Waals surface area contributed by atoms with Crippen LogP contribution in [0, 0.1) is 0 Å². The van der Waals surface area contributed by atoms with Gasteiger partial charge in [-0.3, -0.25) is 9.59 Å². The predicted molar refractivity (Wildman–Crippen MR) is 284 cm³/mol. The van der Waals surface area contributed by atoms with E-state index in [0.29, 0.717) is 12.8 Å². The van der Waals surface area contributed by atoms with Crippen molar-refractivity contribution in [1.82, 2.24) is 9.80 Å². The zero-order valence-electron chi connectivity index (χ0n) is 45.8. The second-order valence-corrected chi connectivity index (χ2v) is 20.5. The Kier molecular flexibility index (Phi) is 49.1. The summed E-state index contributed by atoms with van der Waals surface area (Å²) in [5.74, 6) is -0.0139. The van der Waals surface area contributed by atoms with Gasteiger partial charge < -0.3 is 28.7 Å². The van der Waals surface area contributed by atoms with E-state index in [1.165, 1.54) is 77.0 Å². The van der Waals surface area contributed by atoms with Crippen molar-refractivity contribution in [1.29, 1.82) is 0 Å². The molecular formula is C58H114N2O7. The summed E-state index contributed by atoms with van der Waals surface area (Å²) in [4.78, 5) is 43.5. The van der Waals surface area contributed by atoms with Crippen LogP contribution >= 0.6 is 0 Å². The fraction of sp³-hybridized carbons (Fsp3) is 0.948. The highest BCUT2D eigenvalue weighted by Gasteiger charge is 2.21. The monoisotopic (exact) mass is 951 g/mol. The lowest BCUT2D eigenvalue weighted by atomic mass is 10.0. The molecule has 0 aliphatic rings. The quantitative estimate of drug-likeness (QED) is 0.0338. The van der Waals surface area contributed by atoms with E-state index in [0.717, 1.165) is 200 Å². The Balaban J connectivity index is 5.02. The smallest absolute Gasteiger partial charge is 0.410 e. The number of unbranched alkanes of at least 4 members (excludes halogenated alkanes) is 25. The van der Waals surface area contributed by atoms with Gasteiger partial charge in [0.25, 0.3) is 0 Å². The van der Waals surface area contributed by atoms with Crippen LogP contribution in [-0.4, -0.2) is 93.6 Å². The zero-order chi connectivity index (χ0) is 49.3. The van der Waals surface area contributed by atoms with E-state index in [9.17, 15) is 14.4 Å². The van der Waals surface area contributed by atoms with Crippen LogP contribution in [0.2, 0.25) is 0 Å². The summed E-state index contributed by atoms with van der Waals surface area (Å²) in [7, 11) is 5.92. The molecule has 0 unspecified atom stereocenters. The molecule has 67 heavy (non-hydrogen) atoms. The number of ether oxygens (including phenoxy) is 4. The van der Waals surface area contributed by atoms with Gasteiger partial charge in [-0.1, -0.05) is 169 Å². The molecule has 0 spiro atoms. The minimum absolute atomic E-state index is 0.00695. The molecule has 0 saturated heterocycles. The van der Waals surface area contributed by atoms with Crippen LogP contribution in [0.15, 0.2) is 0 Å². The molecule has 0 rings (SSSR count). The Hall–Kier alpha value is -1.87. The standard InChI is InChI=1S/C58H114N2O7/c1-8-12-16-30-41-53(42-31-17-13-9-2)65-56(61)47-36-26-22-20-24-34-45-55(67-58(63)60(51-40-49-59(5)6)50-38-28-29-39-52-64-7)46-35-25-21-23-27-37-48-57(62)66-54(43-32-18-14-10-3)44-33-19-15-11-4/h53-55H,8-52H2,1-7H3. The summed E-state index contributed by atoms with van der Waals surface area (Å²) >= 11 is 0. The highest BCUT2D eigenvalue weighted by molar-refractivity contribution is 5.70. The van der Waals surface area contributed by atoms with Crippen LogP contribution in [0.25, 0.3) is 0 Å². The van der Waals surface area contributed by atoms with Crippen LogP contribution in [0.4, 0.5) is 4.79 Å². The third-order valence-corrected chi connectivity index (χ3v) is 13.5. The fourth-order valence-corrected chi connectivity index (χ4v) is 9.16. The van der Waals surface area contributed by atoms with Crippen molar-refractivity contribution < 1.29 is 33.3 Å². The molecule has 1 amide bonds. The maximum Gasteiger partial charge on any atom is 0.410 e. The highest BCUT2D eigenvalue weighted by Crippen LogP contribution is 2.22. The van der Waals surface area contributed by atoms with Crippen molar-refractivity contribution in [3.63, 3.8) is 0 Å². The number of nitrogens with zero attached hydrogens (tertiary/aromatic N) is 2. The van der Waals surface area contributed by atoms with Crippen LogP contribution < -0.4 is 0 Å². The van der Waals surface area contributed by atoms with Crippen LogP contribution in [0.3, 0.4) is 0 Å². The maximum atomic E-state index is 13.8. The van der Waals surface area contributed by atoms with Gasteiger partial charge in [-0.2, -0.15) is 0 Å². The molecule has 0 aliphatic carbocycles. The first-order valence-corrected chi connectivity index (χ1v) is 29.2. The molecule has 0 aromatic carbocycles. The number of carbonyl (C=O) groups is 3. The number of hydrogen-bond acceptors (Lipinski definition) is 8. The SMILES string of the molecule is CCCCCCC(CCCCCC)OC(=O)CCCCCCCCC(CCCCCCCCC(=O)OC(CCCCCC)CCCCCC)OC(=O)N(CCCCCCOC)CCCN(C)C. The average molecular weight is 952 g/mol. The lowest BCUT2D eigenvalue weighted by Crippen LogP contribution is -2.37. The van der Waals surface area contributed by atoms with E-state index in [2.05, 4.69) is 46.7 Å². The predicted octanol–water partition coefficient (Wildman–Crippen LogP) is 16.9. The molecule has 9 heteroatoms. The lowest BCUT2D eigenvalue weighted by molar-refractivity contribution is -0.151. The van der Waals surface area contributed by atoms with Gasteiger partial charge in [0.15, 0.2) is 0 Å². The summed E-state index contributed by atoms with van der Waals surface area (Å²) in [6.45, 7) is 12.2. The summed E-state index contributed by atoms with van der Waals surface area (Å²) in [5.41, 5.74) is 0. The first kappa shape index (κ1) is 65.1. The summed E-state index contributed by atoms with van der Waals surface area (Å²) in [6.07, 6.45) is 44.3. The van der Waals surface area contributed by atoms with Gasteiger partial charge in [0, 0.05) is 39.6 Å². The first-order valence-electron chi connectivity index (χ1n) is 29.2. The number of esters is 2. The van der Waals surface area contributed by atoms with E-state index in [-0.39, 0.29) is 36.3 Å². The van der Waals surface area contributed by atoms with E-state index in [4.69, 9.17) is 18.9 Å². The third-order valence-electron chi connectivity index (χ3n) is 13.5. The summed E-state index contributed by atoms with van der Waals surface area (Å²) in [6, 6.07) is 0.